The van der Waals surface area contributed by atoms with Crippen molar-refractivity contribution in [2.75, 3.05) is 13.6 Å². The monoisotopic (exact) mass is 549 g/mol. The molecule has 0 bridgehead atoms. The van der Waals surface area contributed by atoms with E-state index in [9.17, 15) is 40.2 Å². The zero-order valence-corrected chi connectivity index (χ0v) is 20.8. The first-order valence-electron chi connectivity index (χ1n) is 13.9. The Morgan fingerprint density at radius 1 is 1.21 bits per heavy atom. The molecular formula is C27H31NO11. The Morgan fingerprint density at radius 2 is 1.92 bits per heavy atom. The van der Waals surface area contributed by atoms with Crippen LogP contribution >= 0.6 is 0 Å². The number of hydrogen-bond acceptors (Lipinski definition) is 12. The average molecular weight is 550 g/mol. The second kappa shape index (κ2) is 9.82. The number of phenols is 2. The molecule has 12 nitrogen and oxygen atoms in total. The van der Waals surface area contributed by atoms with Crippen molar-refractivity contribution in [2.45, 2.75) is 68.5 Å². The number of benzene rings is 2. The molecule has 1 saturated heterocycles. The molecule has 0 saturated carbocycles. The minimum Gasteiger partial charge on any atom is -0.507 e. The van der Waals surface area contributed by atoms with E-state index in [2.05, 4.69) is 0 Å². The van der Waals surface area contributed by atoms with Crippen LogP contribution in [0.5, 0.6) is 17.2 Å². The van der Waals surface area contributed by atoms with Crippen LogP contribution < -0.4 is 10.5 Å². The molecule has 210 valence electrons. The molecule has 7 atom stereocenters. The maximum Gasteiger partial charge on any atom is 0.202 e. The maximum absolute atomic E-state index is 13.8. The number of fused-ring (bicyclic) bond motifs is 3. The van der Waals surface area contributed by atoms with E-state index in [1.807, 2.05) is 0 Å². The molecule has 0 aromatic heterocycles. The van der Waals surface area contributed by atoms with Crippen LogP contribution in [0.25, 0.3) is 0 Å². The van der Waals surface area contributed by atoms with Crippen molar-refractivity contribution in [3.8, 4) is 17.2 Å². The normalized spacial score (nSPS) is 32.3. The van der Waals surface area contributed by atoms with Crippen LogP contribution in [0.15, 0.2) is 18.2 Å². The summed E-state index contributed by atoms with van der Waals surface area (Å²) in [7, 11) is -2.97. The molecular weight excluding hydrogens is 515 g/mol. The number of aliphatic hydroxyl groups excluding tert-OH is 3. The van der Waals surface area contributed by atoms with Gasteiger partial charge in [-0.25, -0.2) is 0 Å². The highest BCUT2D eigenvalue weighted by atomic mass is 16.7. The van der Waals surface area contributed by atoms with Gasteiger partial charge in [0.2, 0.25) is 5.78 Å². The van der Waals surface area contributed by atoms with E-state index < -0.39 is 114 Å². The summed E-state index contributed by atoms with van der Waals surface area (Å²) < 4.78 is 39.0. The number of hydrogen-bond donors (Lipinski definition) is 7. The van der Waals surface area contributed by atoms with Crippen LogP contribution in [-0.4, -0.2) is 92.1 Å². The van der Waals surface area contributed by atoms with Crippen molar-refractivity contribution < 1.29 is 58.6 Å². The van der Waals surface area contributed by atoms with Crippen molar-refractivity contribution in [1.29, 1.82) is 0 Å². The first-order valence-corrected chi connectivity index (χ1v) is 12.4. The Labute approximate surface area is 227 Å². The van der Waals surface area contributed by atoms with Crippen LogP contribution in [0.3, 0.4) is 0 Å². The lowest BCUT2D eigenvalue weighted by Crippen LogP contribution is -2.53. The number of phenolic OH excluding ortho intramolecular Hbond substituents is 2. The van der Waals surface area contributed by atoms with Gasteiger partial charge in [-0.1, -0.05) is 12.1 Å². The third kappa shape index (κ3) is 4.19. The standard InChI is InChI=1S/C27H31NO11/c1-10-22(31)13(28)6-17(38-10)39-15-8-27(36,16(30)9-29)7-12-19(15)26(35)21-20(24(12)33)23(32)11-4-3-5-14(37-2)18(11)25(21)34/h3-5,10,13,15-17,22,29-31,33,35-36H,6-9,28H2,1-2H3/t10-,13-,15-,16+,17-,22+,27-/m0/s1/i2+1D3. The number of ketones is 2. The number of methoxy groups -OCH3 is 1. The van der Waals surface area contributed by atoms with Crippen LogP contribution in [0.2, 0.25) is 0 Å². The van der Waals surface area contributed by atoms with Gasteiger partial charge in [-0.3, -0.25) is 9.59 Å². The Morgan fingerprint density at radius 3 is 2.59 bits per heavy atom. The fourth-order valence-electron chi connectivity index (χ4n) is 5.76. The van der Waals surface area contributed by atoms with Gasteiger partial charge in [-0.15, -0.1) is 0 Å². The van der Waals surface area contributed by atoms with Crippen molar-refractivity contribution >= 4 is 11.6 Å². The molecule has 2 aromatic rings. The highest BCUT2D eigenvalue weighted by Gasteiger charge is 2.50. The number of aromatic hydroxyl groups is 2. The van der Waals surface area contributed by atoms with Crippen molar-refractivity contribution in [3.63, 3.8) is 0 Å². The second-order valence-electron chi connectivity index (χ2n) is 10.2. The number of ether oxygens (including phenoxy) is 3. The quantitative estimate of drug-likeness (QED) is 0.163. The molecule has 3 aliphatic rings. The smallest absolute Gasteiger partial charge is 0.202 e. The van der Waals surface area contributed by atoms with E-state index in [0.717, 1.165) is 0 Å². The van der Waals surface area contributed by atoms with Crippen LogP contribution in [-0.2, 0) is 15.9 Å². The summed E-state index contributed by atoms with van der Waals surface area (Å²) in [6.07, 6.45) is -7.00. The molecule has 8 N–H and O–H groups in total. The number of carbonyl (C=O) groups is 2. The van der Waals surface area contributed by atoms with Gasteiger partial charge in [0.25, 0.3) is 0 Å². The Bertz CT molecular complexity index is 1440. The minimum atomic E-state index is -2.97. The number of rotatable bonds is 5. The first-order chi connectivity index (χ1) is 19.6. The van der Waals surface area contributed by atoms with Gasteiger partial charge in [0, 0.05) is 42.0 Å². The predicted molar refractivity (Wildman–Crippen MR) is 133 cm³/mol. The van der Waals surface area contributed by atoms with Gasteiger partial charge < -0.3 is 50.6 Å². The van der Waals surface area contributed by atoms with Crippen molar-refractivity contribution in [3.05, 3.63) is 51.6 Å². The van der Waals surface area contributed by atoms with Crippen molar-refractivity contribution in [1.82, 2.24) is 0 Å². The zero-order chi connectivity index (χ0) is 30.9. The Balaban J connectivity index is 1.68. The van der Waals surface area contributed by atoms with E-state index in [-0.39, 0.29) is 23.1 Å². The Kier molecular flexibility index (Phi) is 5.98. The van der Waals surface area contributed by atoms with Gasteiger partial charge in [0.1, 0.15) is 23.4 Å². The average Bonchev–Trinajstić information content (AvgIpc) is 2.90. The molecule has 5 rings (SSSR count). The summed E-state index contributed by atoms with van der Waals surface area (Å²) in [6.45, 7) is 0.683. The summed E-state index contributed by atoms with van der Waals surface area (Å²) >= 11 is 0. The lowest BCUT2D eigenvalue weighted by Gasteiger charge is -2.44. The summed E-state index contributed by atoms with van der Waals surface area (Å²) in [4.78, 5) is 27.4. The largest absolute Gasteiger partial charge is 0.507 e. The molecule has 0 amide bonds. The lowest BCUT2D eigenvalue weighted by atomic mass is 9.71. The molecule has 1 aliphatic heterocycles. The maximum atomic E-state index is 13.8. The van der Waals surface area contributed by atoms with E-state index in [4.69, 9.17) is 24.1 Å². The van der Waals surface area contributed by atoms with E-state index in [0.29, 0.717) is 0 Å². The fourth-order valence-corrected chi connectivity index (χ4v) is 5.76. The minimum absolute atomic E-state index is 0.0172. The number of nitrogens with two attached hydrogens (primary N) is 1. The topological polar surface area (TPSA) is 209 Å². The molecule has 2 aliphatic carbocycles. The third-order valence-electron chi connectivity index (χ3n) is 7.86. The molecule has 0 spiro atoms. The van der Waals surface area contributed by atoms with E-state index in [1.165, 1.54) is 18.2 Å². The fraction of sp³-hybridized carbons (Fsp3) is 0.481. The second-order valence-corrected chi connectivity index (χ2v) is 10.2. The van der Waals surface area contributed by atoms with E-state index in [1.54, 1.807) is 6.92 Å². The van der Waals surface area contributed by atoms with Gasteiger partial charge >= 0.3 is 0 Å². The van der Waals surface area contributed by atoms with E-state index >= 15 is 0 Å². The highest BCUT2D eigenvalue weighted by Crippen LogP contribution is 2.52. The summed E-state index contributed by atoms with van der Waals surface area (Å²) in [5.74, 6) is -3.91. The first kappa shape index (κ1) is 23.8. The molecule has 39 heavy (non-hydrogen) atoms. The molecule has 0 radical (unpaired) electrons. The summed E-state index contributed by atoms with van der Waals surface area (Å²) in [6, 6.07) is 2.94. The van der Waals surface area contributed by atoms with Gasteiger partial charge in [0.05, 0.1) is 58.4 Å². The van der Waals surface area contributed by atoms with Crippen molar-refractivity contribution in [2.24, 2.45) is 5.73 Å². The number of carbonyl (C=O) groups excluding carboxylic acids is 2. The molecule has 1 heterocycles. The Hall–Kier alpha value is -3.10. The lowest BCUT2D eigenvalue weighted by molar-refractivity contribution is -0.251. The van der Waals surface area contributed by atoms with Gasteiger partial charge in [-0.2, -0.15) is 0 Å². The third-order valence-corrected chi connectivity index (χ3v) is 7.86. The highest BCUT2D eigenvalue weighted by molar-refractivity contribution is 6.31. The van der Waals surface area contributed by atoms with Crippen LogP contribution in [0, 0.1) is 0 Å². The van der Waals surface area contributed by atoms with Gasteiger partial charge in [-0.05, 0) is 13.0 Å². The number of aliphatic hydroxyl groups is 4. The molecule has 12 heteroatoms. The molecule has 0 unspecified atom stereocenters. The zero-order valence-electron chi connectivity index (χ0n) is 23.8. The predicted octanol–water partition coefficient (Wildman–Crippen LogP) is -0.207. The SMILES string of the molecule is [2H][13C]([2H])([2H])Oc1cccc2c1C(=O)c1c(O)c3c(c(O)c1C2=O)C[C@@](O)([C@H](O)CO)C[C@@H]3O[C@H]1C[C@H](N)[C@H](O)[C@H](C)O1. The van der Waals surface area contributed by atoms with Crippen LogP contribution in [0.4, 0.5) is 0 Å². The molecule has 2 aromatic carbocycles. The summed E-state index contributed by atoms with van der Waals surface area (Å²) in [5.41, 5.74) is 1.56. The van der Waals surface area contributed by atoms with Gasteiger partial charge in [0.15, 0.2) is 12.1 Å². The van der Waals surface area contributed by atoms with Crippen LogP contribution in [0.1, 0.15) is 73.0 Å². The summed E-state index contributed by atoms with van der Waals surface area (Å²) in [5, 5.41) is 64.6. The molecule has 1 fully saturated rings.